The molecule has 0 bridgehead atoms. The van der Waals surface area contributed by atoms with Crippen molar-refractivity contribution in [3.8, 4) is 11.3 Å². The summed E-state index contributed by atoms with van der Waals surface area (Å²) in [4.78, 5) is 15.4. The molecule has 28 heavy (non-hydrogen) atoms. The van der Waals surface area contributed by atoms with Crippen LogP contribution in [0.15, 0.2) is 18.5 Å². The molecule has 1 fully saturated rings. The van der Waals surface area contributed by atoms with Gasteiger partial charge in [-0.15, -0.1) is 10.2 Å². The third-order valence-corrected chi connectivity index (χ3v) is 4.72. The lowest BCUT2D eigenvalue weighted by molar-refractivity contribution is 0.0596. The molecule has 4 rings (SSSR count). The first-order valence-electron chi connectivity index (χ1n) is 9.03. The maximum absolute atomic E-state index is 11.4. The van der Waals surface area contributed by atoms with Crippen LogP contribution >= 0.6 is 0 Å². The second-order valence-electron chi connectivity index (χ2n) is 6.85. The van der Waals surface area contributed by atoms with Gasteiger partial charge in [0.1, 0.15) is 12.2 Å². The number of carboxylic acids is 1. The largest absolute Gasteiger partial charge is 0.476 e. The van der Waals surface area contributed by atoms with E-state index in [9.17, 15) is 9.90 Å². The number of aryl methyl sites for hydroxylation is 1. The smallest absolute Gasteiger partial charge is 0.355 e. The second kappa shape index (κ2) is 7.80. The van der Waals surface area contributed by atoms with Crippen LogP contribution in [-0.4, -0.2) is 64.5 Å². The van der Waals surface area contributed by atoms with Crippen LogP contribution in [0.2, 0.25) is 0 Å². The van der Waals surface area contributed by atoms with E-state index in [1.807, 2.05) is 6.92 Å². The number of pyridine rings is 1. The third-order valence-electron chi connectivity index (χ3n) is 4.72. The molecule has 4 heterocycles. The Morgan fingerprint density at radius 3 is 2.89 bits per heavy atom. The zero-order valence-corrected chi connectivity index (χ0v) is 15.4. The molecule has 146 valence electrons. The standard InChI is InChI=1S/C17H20N8O3/c1-11-6-13(16(17(26)27)18-7-11)14-9-24(22-19-14)10-15-20-21-23-25(15)8-12-2-4-28-5-3-12/h6-7,9,12H,2-5,8,10H2,1H3,(H,26,27). The van der Waals surface area contributed by atoms with Crippen LogP contribution in [-0.2, 0) is 17.8 Å². The van der Waals surface area contributed by atoms with Gasteiger partial charge in [0.15, 0.2) is 11.5 Å². The van der Waals surface area contributed by atoms with Crippen LogP contribution in [0.3, 0.4) is 0 Å². The number of carbonyl (C=O) groups is 1. The van der Waals surface area contributed by atoms with Gasteiger partial charge >= 0.3 is 5.97 Å². The monoisotopic (exact) mass is 384 g/mol. The van der Waals surface area contributed by atoms with E-state index in [-0.39, 0.29) is 5.69 Å². The summed E-state index contributed by atoms with van der Waals surface area (Å²) < 4.78 is 8.77. The normalized spacial score (nSPS) is 15.0. The second-order valence-corrected chi connectivity index (χ2v) is 6.85. The van der Waals surface area contributed by atoms with Crippen LogP contribution in [0.4, 0.5) is 0 Å². The molecule has 0 saturated carbocycles. The van der Waals surface area contributed by atoms with E-state index in [4.69, 9.17) is 4.74 Å². The lowest BCUT2D eigenvalue weighted by Gasteiger charge is -2.21. The molecule has 1 aliphatic heterocycles. The van der Waals surface area contributed by atoms with Crippen molar-refractivity contribution in [2.24, 2.45) is 5.92 Å². The molecule has 1 aliphatic rings. The number of hydrogen-bond donors (Lipinski definition) is 1. The van der Waals surface area contributed by atoms with Gasteiger partial charge in [-0.05, 0) is 47.7 Å². The van der Waals surface area contributed by atoms with Gasteiger partial charge in [-0.3, -0.25) is 0 Å². The van der Waals surface area contributed by atoms with Crippen LogP contribution in [0.1, 0.15) is 34.7 Å². The van der Waals surface area contributed by atoms with Crippen molar-refractivity contribution in [2.75, 3.05) is 13.2 Å². The molecule has 3 aromatic rings. The molecule has 1 N–H and O–H groups in total. The summed E-state index contributed by atoms with van der Waals surface area (Å²) in [6, 6.07) is 1.74. The quantitative estimate of drug-likeness (QED) is 0.655. The minimum absolute atomic E-state index is 0.0537. The van der Waals surface area contributed by atoms with Gasteiger partial charge in [0.2, 0.25) is 0 Å². The molecule has 11 heteroatoms. The Labute approximate surface area is 160 Å². The fourth-order valence-corrected chi connectivity index (χ4v) is 3.23. The summed E-state index contributed by atoms with van der Waals surface area (Å²) in [5, 5.41) is 29.5. The Morgan fingerprint density at radius 1 is 1.29 bits per heavy atom. The van der Waals surface area contributed by atoms with Gasteiger partial charge in [-0.25, -0.2) is 19.1 Å². The molecule has 0 spiro atoms. The highest BCUT2D eigenvalue weighted by Crippen LogP contribution is 2.21. The van der Waals surface area contributed by atoms with Gasteiger partial charge in [0.25, 0.3) is 0 Å². The molecule has 0 radical (unpaired) electrons. The molecule has 3 aromatic heterocycles. The maximum Gasteiger partial charge on any atom is 0.355 e. The summed E-state index contributed by atoms with van der Waals surface area (Å²) in [7, 11) is 0. The Balaban J connectivity index is 1.53. The number of aromatic nitrogens is 8. The summed E-state index contributed by atoms with van der Waals surface area (Å²) >= 11 is 0. The molecule has 0 atom stereocenters. The number of aromatic carboxylic acids is 1. The summed E-state index contributed by atoms with van der Waals surface area (Å²) in [6.45, 7) is 4.45. The summed E-state index contributed by atoms with van der Waals surface area (Å²) in [5.41, 5.74) is 1.66. The minimum atomic E-state index is -1.11. The van der Waals surface area contributed by atoms with Crippen molar-refractivity contribution in [1.29, 1.82) is 0 Å². The first-order chi connectivity index (χ1) is 13.6. The SMILES string of the molecule is Cc1cnc(C(=O)O)c(-c2cn(Cc3nnnn3CC3CCOCC3)nn2)c1. The average molecular weight is 384 g/mol. The first-order valence-corrected chi connectivity index (χ1v) is 9.03. The minimum Gasteiger partial charge on any atom is -0.476 e. The van der Waals surface area contributed by atoms with Crippen LogP contribution in [0, 0.1) is 12.8 Å². The summed E-state index contributed by atoms with van der Waals surface area (Å²) in [6.07, 6.45) is 5.17. The predicted octanol–water partition coefficient (Wildman–Crippen LogP) is 0.808. The van der Waals surface area contributed by atoms with Crippen LogP contribution in [0.25, 0.3) is 11.3 Å². The molecule has 0 unspecified atom stereocenters. The van der Waals surface area contributed by atoms with Gasteiger partial charge in [0, 0.05) is 31.5 Å². The van der Waals surface area contributed by atoms with Gasteiger partial charge in [-0.2, -0.15) is 0 Å². The van der Waals surface area contributed by atoms with E-state index in [0.717, 1.165) is 38.2 Å². The van der Waals surface area contributed by atoms with E-state index >= 15 is 0 Å². The number of hydrogen-bond acceptors (Lipinski definition) is 8. The molecular formula is C17H20N8O3. The van der Waals surface area contributed by atoms with E-state index in [0.29, 0.717) is 29.5 Å². The predicted molar refractivity (Wildman–Crippen MR) is 95.4 cm³/mol. The van der Waals surface area contributed by atoms with E-state index in [1.54, 1.807) is 21.6 Å². The zero-order valence-electron chi connectivity index (χ0n) is 15.4. The van der Waals surface area contributed by atoms with Crippen molar-refractivity contribution in [2.45, 2.75) is 32.9 Å². The topological polar surface area (TPSA) is 134 Å². The van der Waals surface area contributed by atoms with Crippen LogP contribution < -0.4 is 0 Å². The highest BCUT2D eigenvalue weighted by molar-refractivity contribution is 5.93. The molecule has 1 saturated heterocycles. The number of carboxylic acid groups (broad SMARTS) is 1. The van der Waals surface area contributed by atoms with Crippen molar-refractivity contribution in [3.63, 3.8) is 0 Å². The van der Waals surface area contributed by atoms with E-state index in [2.05, 4.69) is 30.8 Å². The Bertz CT molecular complexity index is 976. The fraction of sp³-hybridized carbons (Fsp3) is 0.471. The van der Waals surface area contributed by atoms with E-state index < -0.39 is 5.97 Å². The first kappa shape index (κ1) is 18.2. The maximum atomic E-state index is 11.4. The van der Waals surface area contributed by atoms with Crippen molar-refractivity contribution >= 4 is 5.97 Å². The van der Waals surface area contributed by atoms with E-state index in [1.165, 1.54) is 6.20 Å². The Kier molecular flexibility index (Phi) is 5.06. The number of tetrazole rings is 1. The summed E-state index contributed by atoms with van der Waals surface area (Å²) in [5.74, 6) is 0.0486. The number of nitrogens with zero attached hydrogens (tertiary/aromatic N) is 8. The average Bonchev–Trinajstić information content (AvgIpc) is 3.32. The van der Waals surface area contributed by atoms with Crippen molar-refractivity contribution < 1.29 is 14.6 Å². The van der Waals surface area contributed by atoms with Gasteiger partial charge < -0.3 is 9.84 Å². The number of ether oxygens (including phenoxy) is 1. The molecule has 0 amide bonds. The highest BCUT2D eigenvalue weighted by Gasteiger charge is 2.19. The van der Waals surface area contributed by atoms with Crippen molar-refractivity contribution in [1.82, 2.24) is 40.2 Å². The Hall–Kier alpha value is -3.21. The Morgan fingerprint density at radius 2 is 2.11 bits per heavy atom. The lowest BCUT2D eigenvalue weighted by Crippen LogP contribution is -2.22. The zero-order chi connectivity index (χ0) is 19.5. The lowest BCUT2D eigenvalue weighted by atomic mass is 10.0. The van der Waals surface area contributed by atoms with Crippen LogP contribution in [0.5, 0.6) is 0 Å². The third kappa shape index (κ3) is 3.88. The van der Waals surface area contributed by atoms with Gasteiger partial charge in [-0.1, -0.05) is 5.21 Å². The molecule has 11 nitrogen and oxygen atoms in total. The fourth-order valence-electron chi connectivity index (χ4n) is 3.23. The van der Waals surface area contributed by atoms with Crippen molar-refractivity contribution in [3.05, 3.63) is 35.5 Å². The molecular weight excluding hydrogens is 364 g/mol. The molecule has 0 aromatic carbocycles. The van der Waals surface area contributed by atoms with Gasteiger partial charge in [0.05, 0.1) is 6.20 Å². The molecule has 0 aliphatic carbocycles. The highest BCUT2D eigenvalue weighted by atomic mass is 16.5. The number of rotatable bonds is 6.